The quantitative estimate of drug-likeness (QED) is 0.727. The molecule has 3 heteroatoms. The van der Waals surface area contributed by atoms with Crippen molar-refractivity contribution in [3.05, 3.63) is 29.8 Å². The van der Waals surface area contributed by atoms with Gasteiger partial charge in [-0.15, -0.1) is 0 Å². The highest BCUT2D eigenvalue weighted by atomic mass is 79.9. The maximum atomic E-state index is 11.9. The standard InChI is InChI=1S/C14H18BrNO/c1-14(2,3)10-4-6-11(7-5-10)16-9-8-12(15)13(16)17/h4-7,12H,8-9H2,1-3H3. The first kappa shape index (κ1) is 12.6. The molecule has 0 aliphatic carbocycles. The van der Waals surface area contributed by atoms with E-state index in [-0.39, 0.29) is 16.1 Å². The molecule has 1 aliphatic rings. The van der Waals surface area contributed by atoms with E-state index in [2.05, 4.69) is 48.8 Å². The Bertz CT molecular complexity index is 419. The number of carbonyl (C=O) groups is 1. The smallest absolute Gasteiger partial charge is 0.240 e. The highest BCUT2D eigenvalue weighted by molar-refractivity contribution is 9.10. The predicted octanol–water partition coefficient (Wildman–Crippen LogP) is 3.48. The number of halogens is 1. The second kappa shape index (κ2) is 4.45. The number of benzene rings is 1. The zero-order valence-corrected chi connectivity index (χ0v) is 12.1. The van der Waals surface area contributed by atoms with Gasteiger partial charge < -0.3 is 4.90 Å². The molecule has 17 heavy (non-hydrogen) atoms. The van der Waals surface area contributed by atoms with Crippen LogP contribution in [-0.4, -0.2) is 17.3 Å². The monoisotopic (exact) mass is 295 g/mol. The zero-order chi connectivity index (χ0) is 12.6. The van der Waals surface area contributed by atoms with Crippen molar-refractivity contribution >= 4 is 27.5 Å². The average molecular weight is 296 g/mol. The lowest BCUT2D eigenvalue weighted by atomic mass is 9.87. The van der Waals surface area contributed by atoms with Gasteiger partial charge in [-0.3, -0.25) is 4.79 Å². The van der Waals surface area contributed by atoms with Crippen LogP contribution in [0.3, 0.4) is 0 Å². The van der Waals surface area contributed by atoms with E-state index >= 15 is 0 Å². The zero-order valence-electron chi connectivity index (χ0n) is 10.5. The van der Waals surface area contributed by atoms with Crippen LogP contribution in [0.25, 0.3) is 0 Å². The van der Waals surface area contributed by atoms with Crippen molar-refractivity contribution in [1.29, 1.82) is 0 Å². The summed E-state index contributed by atoms with van der Waals surface area (Å²) in [4.78, 5) is 13.7. The summed E-state index contributed by atoms with van der Waals surface area (Å²) in [7, 11) is 0. The SMILES string of the molecule is CC(C)(C)c1ccc(N2CCC(Br)C2=O)cc1. The molecule has 2 rings (SSSR count). The van der Waals surface area contributed by atoms with Crippen molar-refractivity contribution in [2.75, 3.05) is 11.4 Å². The Morgan fingerprint density at radius 2 is 1.82 bits per heavy atom. The molecule has 1 aromatic rings. The molecule has 1 aliphatic heterocycles. The van der Waals surface area contributed by atoms with Gasteiger partial charge >= 0.3 is 0 Å². The summed E-state index contributed by atoms with van der Waals surface area (Å²) in [6.45, 7) is 7.39. The molecular formula is C14H18BrNO. The third-order valence-corrected chi connectivity index (χ3v) is 4.03. The number of hydrogen-bond donors (Lipinski definition) is 0. The molecule has 1 saturated heterocycles. The molecule has 2 nitrogen and oxygen atoms in total. The molecule has 0 saturated carbocycles. The lowest BCUT2D eigenvalue weighted by Crippen LogP contribution is -2.27. The summed E-state index contributed by atoms with van der Waals surface area (Å²) in [6.07, 6.45) is 0.889. The second-order valence-corrected chi connectivity index (χ2v) is 6.65. The largest absolute Gasteiger partial charge is 0.311 e. The minimum Gasteiger partial charge on any atom is -0.311 e. The van der Waals surface area contributed by atoms with E-state index in [9.17, 15) is 4.79 Å². The van der Waals surface area contributed by atoms with Crippen LogP contribution in [0.5, 0.6) is 0 Å². The fourth-order valence-electron chi connectivity index (χ4n) is 2.04. The lowest BCUT2D eigenvalue weighted by molar-refractivity contribution is -0.116. The average Bonchev–Trinajstić information content (AvgIpc) is 2.59. The van der Waals surface area contributed by atoms with Gasteiger partial charge in [-0.25, -0.2) is 0 Å². The molecule has 92 valence electrons. The highest BCUT2D eigenvalue weighted by Gasteiger charge is 2.30. The van der Waals surface area contributed by atoms with Gasteiger partial charge in [0.25, 0.3) is 0 Å². The van der Waals surface area contributed by atoms with Crippen molar-refractivity contribution in [1.82, 2.24) is 0 Å². The Morgan fingerprint density at radius 3 is 2.24 bits per heavy atom. The second-order valence-electron chi connectivity index (χ2n) is 5.54. The van der Waals surface area contributed by atoms with E-state index < -0.39 is 0 Å². The Balaban J connectivity index is 2.22. The van der Waals surface area contributed by atoms with Crippen molar-refractivity contribution in [2.45, 2.75) is 37.4 Å². The summed E-state index contributed by atoms with van der Waals surface area (Å²) < 4.78 is 0. The van der Waals surface area contributed by atoms with E-state index in [1.807, 2.05) is 17.0 Å². The van der Waals surface area contributed by atoms with Gasteiger partial charge in [0.2, 0.25) is 5.91 Å². The van der Waals surface area contributed by atoms with Gasteiger partial charge in [0.05, 0.1) is 4.83 Å². The maximum absolute atomic E-state index is 11.9. The van der Waals surface area contributed by atoms with E-state index in [0.717, 1.165) is 18.7 Å². The van der Waals surface area contributed by atoms with Crippen LogP contribution in [0.2, 0.25) is 0 Å². The van der Waals surface area contributed by atoms with Crippen molar-refractivity contribution in [3.63, 3.8) is 0 Å². The lowest BCUT2D eigenvalue weighted by Gasteiger charge is -2.21. The van der Waals surface area contributed by atoms with Crippen LogP contribution >= 0.6 is 15.9 Å². The molecule has 1 heterocycles. The van der Waals surface area contributed by atoms with Crippen LogP contribution in [0, 0.1) is 0 Å². The Kier molecular flexibility index (Phi) is 3.30. The number of carbonyl (C=O) groups excluding carboxylic acids is 1. The minimum atomic E-state index is -0.00945. The fourth-order valence-corrected chi connectivity index (χ4v) is 2.49. The van der Waals surface area contributed by atoms with Crippen LogP contribution < -0.4 is 4.90 Å². The number of nitrogens with zero attached hydrogens (tertiary/aromatic N) is 1. The Hall–Kier alpha value is -0.830. The molecule has 0 spiro atoms. The Morgan fingerprint density at radius 1 is 1.24 bits per heavy atom. The first-order chi connectivity index (χ1) is 7.89. The van der Waals surface area contributed by atoms with Crippen LogP contribution in [0.15, 0.2) is 24.3 Å². The fraction of sp³-hybridized carbons (Fsp3) is 0.500. The van der Waals surface area contributed by atoms with Crippen LogP contribution in [0.4, 0.5) is 5.69 Å². The topological polar surface area (TPSA) is 20.3 Å². The number of hydrogen-bond acceptors (Lipinski definition) is 1. The molecule has 1 aromatic carbocycles. The number of anilines is 1. The van der Waals surface area contributed by atoms with Gasteiger partial charge in [0.15, 0.2) is 0 Å². The number of alkyl halides is 1. The normalized spacial score (nSPS) is 21.1. The summed E-state index contributed by atoms with van der Waals surface area (Å²) >= 11 is 3.40. The molecule has 0 bridgehead atoms. The van der Waals surface area contributed by atoms with Gasteiger partial charge in [-0.05, 0) is 29.5 Å². The molecular weight excluding hydrogens is 278 g/mol. The van der Waals surface area contributed by atoms with E-state index in [4.69, 9.17) is 0 Å². The summed E-state index contributed by atoms with van der Waals surface area (Å²) in [5.41, 5.74) is 2.46. The molecule has 0 radical (unpaired) electrons. The first-order valence-corrected chi connectivity index (χ1v) is 6.87. The summed E-state index contributed by atoms with van der Waals surface area (Å²) in [5.74, 6) is 0.175. The molecule has 1 fully saturated rings. The summed E-state index contributed by atoms with van der Waals surface area (Å²) in [6, 6.07) is 8.32. The number of amides is 1. The molecule has 0 N–H and O–H groups in total. The maximum Gasteiger partial charge on any atom is 0.240 e. The van der Waals surface area contributed by atoms with Crippen molar-refractivity contribution in [3.8, 4) is 0 Å². The summed E-state index contributed by atoms with van der Waals surface area (Å²) in [5, 5.41) is 0. The predicted molar refractivity (Wildman–Crippen MR) is 74.8 cm³/mol. The van der Waals surface area contributed by atoms with Gasteiger partial charge in [-0.2, -0.15) is 0 Å². The van der Waals surface area contributed by atoms with Gasteiger partial charge in [-0.1, -0.05) is 48.8 Å². The first-order valence-electron chi connectivity index (χ1n) is 5.95. The van der Waals surface area contributed by atoms with Crippen molar-refractivity contribution in [2.24, 2.45) is 0 Å². The van der Waals surface area contributed by atoms with Gasteiger partial charge in [0.1, 0.15) is 0 Å². The molecule has 1 amide bonds. The van der Waals surface area contributed by atoms with Crippen LogP contribution in [0.1, 0.15) is 32.8 Å². The third-order valence-electron chi connectivity index (χ3n) is 3.19. The van der Waals surface area contributed by atoms with Gasteiger partial charge in [0, 0.05) is 12.2 Å². The Labute approximate surface area is 111 Å². The molecule has 1 unspecified atom stereocenters. The molecule has 1 atom stereocenters. The highest BCUT2D eigenvalue weighted by Crippen LogP contribution is 2.28. The van der Waals surface area contributed by atoms with Crippen molar-refractivity contribution < 1.29 is 4.79 Å². The van der Waals surface area contributed by atoms with E-state index in [0.29, 0.717) is 0 Å². The van der Waals surface area contributed by atoms with Crippen LogP contribution in [-0.2, 0) is 10.2 Å². The molecule has 0 aromatic heterocycles. The van der Waals surface area contributed by atoms with E-state index in [1.165, 1.54) is 5.56 Å². The minimum absolute atomic E-state index is 0.00945. The third kappa shape index (κ3) is 2.54. The number of rotatable bonds is 1. The van der Waals surface area contributed by atoms with E-state index in [1.54, 1.807) is 0 Å².